The smallest absolute Gasteiger partial charge is 0.167 e. The molecular weight excluding hydrogens is 334 g/mol. The number of carbonyl (C=O) groups is 1. The molecule has 0 unspecified atom stereocenters. The molecule has 1 atom stereocenters. The Labute approximate surface area is 154 Å². The number of likely N-dealkylation sites (tertiary alicyclic amines) is 1. The molecule has 0 amide bonds. The highest BCUT2D eigenvalue weighted by atomic mass is 35.5. The molecule has 134 valence electrons. The highest BCUT2D eigenvalue weighted by molar-refractivity contribution is 6.30. The minimum atomic E-state index is 0.0566. The number of ketones is 1. The molecule has 2 heterocycles. The lowest BCUT2D eigenvalue weighted by Gasteiger charge is -2.31. The number of aromatic nitrogens is 2. The van der Waals surface area contributed by atoms with Gasteiger partial charge in [-0.3, -0.25) is 14.8 Å². The SMILES string of the molecule is Cc1cc(Cl)ccc1C(=O)[C@H]1CCCN(Cc2cc(C(C)C)n[nH]2)C1. The number of aryl methyl sites for hydroxylation is 1. The van der Waals surface area contributed by atoms with Crippen LogP contribution >= 0.6 is 11.6 Å². The second-order valence-corrected chi connectivity index (χ2v) is 7.81. The topological polar surface area (TPSA) is 49.0 Å². The van der Waals surface area contributed by atoms with Crippen LogP contribution in [0, 0.1) is 12.8 Å². The van der Waals surface area contributed by atoms with E-state index in [9.17, 15) is 4.79 Å². The largest absolute Gasteiger partial charge is 0.297 e. The predicted molar refractivity (Wildman–Crippen MR) is 101 cm³/mol. The first-order valence-electron chi connectivity index (χ1n) is 9.01. The van der Waals surface area contributed by atoms with Crippen molar-refractivity contribution < 1.29 is 4.79 Å². The number of nitrogens with zero attached hydrogens (tertiary/aromatic N) is 2. The summed E-state index contributed by atoms with van der Waals surface area (Å²) in [5.41, 5.74) is 3.99. The van der Waals surface area contributed by atoms with E-state index in [1.165, 1.54) is 0 Å². The van der Waals surface area contributed by atoms with Crippen molar-refractivity contribution >= 4 is 17.4 Å². The fraction of sp³-hybridized carbons (Fsp3) is 0.500. The van der Waals surface area contributed by atoms with Gasteiger partial charge in [0.1, 0.15) is 0 Å². The van der Waals surface area contributed by atoms with Crippen LogP contribution in [0.3, 0.4) is 0 Å². The highest BCUT2D eigenvalue weighted by Gasteiger charge is 2.27. The Morgan fingerprint density at radius 3 is 2.88 bits per heavy atom. The molecule has 4 nitrogen and oxygen atoms in total. The zero-order valence-corrected chi connectivity index (χ0v) is 15.9. The quantitative estimate of drug-likeness (QED) is 0.794. The number of hydrogen-bond donors (Lipinski definition) is 1. The predicted octanol–water partition coefficient (Wildman–Crippen LogP) is 4.59. The van der Waals surface area contributed by atoms with Gasteiger partial charge in [0.05, 0.1) is 5.69 Å². The third-order valence-corrected chi connectivity index (χ3v) is 5.20. The molecule has 25 heavy (non-hydrogen) atoms. The first-order chi connectivity index (χ1) is 11.9. The van der Waals surface area contributed by atoms with Gasteiger partial charge in [-0.15, -0.1) is 0 Å². The molecule has 1 saturated heterocycles. The molecule has 1 aliphatic rings. The third-order valence-electron chi connectivity index (χ3n) is 4.97. The number of benzene rings is 1. The van der Waals surface area contributed by atoms with Crippen LogP contribution in [-0.4, -0.2) is 34.0 Å². The molecule has 0 radical (unpaired) electrons. The third kappa shape index (κ3) is 4.31. The molecule has 0 bridgehead atoms. The van der Waals surface area contributed by atoms with E-state index in [1.807, 2.05) is 19.1 Å². The summed E-state index contributed by atoms with van der Waals surface area (Å²) in [6.07, 6.45) is 2.01. The van der Waals surface area contributed by atoms with E-state index >= 15 is 0 Å². The zero-order chi connectivity index (χ0) is 18.0. The first kappa shape index (κ1) is 18.2. The van der Waals surface area contributed by atoms with Crippen molar-refractivity contribution in [3.8, 4) is 0 Å². The molecule has 1 aliphatic heterocycles. The van der Waals surface area contributed by atoms with Crippen LogP contribution < -0.4 is 0 Å². The molecule has 2 aromatic rings. The van der Waals surface area contributed by atoms with Crippen molar-refractivity contribution in [2.45, 2.75) is 46.1 Å². The van der Waals surface area contributed by atoms with Crippen molar-refractivity contribution in [3.05, 3.63) is 51.8 Å². The summed E-state index contributed by atoms with van der Waals surface area (Å²) < 4.78 is 0. The summed E-state index contributed by atoms with van der Waals surface area (Å²) in [4.78, 5) is 15.3. The van der Waals surface area contributed by atoms with Crippen LogP contribution in [0.15, 0.2) is 24.3 Å². The molecular formula is C20H26ClN3O. The van der Waals surface area contributed by atoms with E-state index < -0.39 is 0 Å². The number of hydrogen-bond acceptors (Lipinski definition) is 3. The van der Waals surface area contributed by atoms with E-state index in [2.05, 4.69) is 35.0 Å². The van der Waals surface area contributed by atoms with Crippen molar-refractivity contribution in [3.63, 3.8) is 0 Å². The number of piperidine rings is 1. The van der Waals surface area contributed by atoms with E-state index in [1.54, 1.807) is 6.07 Å². The highest BCUT2D eigenvalue weighted by Crippen LogP contribution is 2.25. The molecule has 1 N–H and O–H groups in total. The summed E-state index contributed by atoms with van der Waals surface area (Å²) in [6.45, 7) is 8.89. The Bertz CT molecular complexity index is 753. The van der Waals surface area contributed by atoms with Gasteiger partial charge in [0.15, 0.2) is 5.78 Å². The van der Waals surface area contributed by atoms with E-state index in [0.717, 1.165) is 55.0 Å². The van der Waals surface area contributed by atoms with Crippen LogP contribution in [0.2, 0.25) is 5.02 Å². The maximum absolute atomic E-state index is 12.9. The lowest BCUT2D eigenvalue weighted by atomic mass is 9.88. The maximum Gasteiger partial charge on any atom is 0.167 e. The second kappa shape index (κ2) is 7.71. The normalized spacial score (nSPS) is 18.7. The monoisotopic (exact) mass is 359 g/mol. The van der Waals surface area contributed by atoms with Gasteiger partial charge in [0, 0.05) is 35.3 Å². The fourth-order valence-electron chi connectivity index (χ4n) is 3.53. The minimum Gasteiger partial charge on any atom is -0.297 e. The summed E-state index contributed by atoms with van der Waals surface area (Å²) in [5.74, 6) is 0.723. The summed E-state index contributed by atoms with van der Waals surface area (Å²) in [5, 5.41) is 8.19. The number of halogens is 1. The van der Waals surface area contributed by atoms with E-state index in [0.29, 0.717) is 10.9 Å². The summed E-state index contributed by atoms with van der Waals surface area (Å²) >= 11 is 6.02. The summed E-state index contributed by atoms with van der Waals surface area (Å²) in [6, 6.07) is 7.68. The van der Waals surface area contributed by atoms with Crippen LogP contribution in [-0.2, 0) is 6.54 Å². The maximum atomic E-state index is 12.9. The van der Waals surface area contributed by atoms with Crippen molar-refractivity contribution in [1.29, 1.82) is 0 Å². The average Bonchev–Trinajstić information content (AvgIpc) is 3.03. The van der Waals surface area contributed by atoms with Crippen molar-refractivity contribution in [1.82, 2.24) is 15.1 Å². The van der Waals surface area contributed by atoms with Gasteiger partial charge in [-0.1, -0.05) is 25.4 Å². The Kier molecular flexibility index (Phi) is 5.60. The zero-order valence-electron chi connectivity index (χ0n) is 15.2. The summed E-state index contributed by atoms with van der Waals surface area (Å²) in [7, 11) is 0. The molecule has 0 saturated carbocycles. The van der Waals surface area contributed by atoms with Crippen LogP contribution in [0.4, 0.5) is 0 Å². The molecule has 1 fully saturated rings. The lowest BCUT2D eigenvalue weighted by Crippen LogP contribution is -2.38. The van der Waals surface area contributed by atoms with E-state index in [-0.39, 0.29) is 11.7 Å². The van der Waals surface area contributed by atoms with Crippen molar-refractivity contribution in [2.24, 2.45) is 5.92 Å². The van der Waals surface area contributed by atoms with Crippen LogP contribution in [0.25, 0.3) is 0 Å². The van der Waals surface area contributed by atoms with Gasteiger partial charge in [0.25, 0.3) is 0 Å². The van der Waals surface area contributed by atoms with E-state index in [4.69, 9.17) is 11.6 Å². The molecule has 1 aromatic heterocycles. The minimum absolute atomic E-state index is 0.0566. The van der Waals surface area contributed by atoms with Gasteiger partial charge in [-0.05, 0) is 62.1 Å². The van der Waals surface area contributed by atoms with Gasteiger partial charge >= 0.3 is 0 Å². The number of nitrogens with one attached hydrogen (secondary N) is 1. The molecule has 5 heteroatoms. The lowest BCUT2D eigenvalue weighted by molar-refractivity contribution is 0.0809. The number of H-pyrrole nitrogens is 1. The first-order valence-corrected chi connectivity index (χ1v) is 9.38. The average molecular weight is 360 g/mol. The Balaban J connectivity index is 1.66. The Morgan fingerprint density at radius 1 is 1.40 bits per heavy atom. The Hall–Kier alpha value is -1.65. The number of rotatable bonds is 5. The number of carbonyl (C=O) groups excluding carboxylic acids is 1. The van der Waals surface area contributed by atoms with Gasteiger partial charge in [-0.25, -0.2) is 0 Å². The molecule has 0 aliphatic carbocycles. The van der Waals surface area contributed by atoms with Crippen LogP contribution in [0.1, 0.15) is 59.9 Å². The van der Waals surface area contributed by atoms with Gasteiger partial charge in [0.2, 0.25) is 0 Å². The standard InChI is InChI=1S/C20H26ClN3O/c1-13(2)19-10-17(22-23-19)12-24-8-4-5-15(11-24)20(25)18-7-6-16(21)9-14(18)3/h6-7,9-10,13,15H,4-5,8,11-12H2,1-3H3,(H,22,23)/t15-/m0/s1. The molecule has 0 spiro atoms. The fourth-order valence-corrected chi connectivity index (χ4v) is 3.76. The molecule has 3 rings (SSSR count). The second-order valence-electron chi connectivity index (χ2n) is 7.37. The number of Topliss-reactive ketones (excluding diaryl/α,β-unsaturated/α-hetero) is 1. The van der Waals surface area contributed by atoms with Crippen molar-refractivity contribution in [2.75, 3.05) is 13.1 Å². The number of aromatic amines is 1. The molecule has 1 aromatic carbocycles. The van der Waals surface area contributed by atoms with Gasteiger partial charge < -0.3 is 0 Å². The van der Waals surface area contributed by atoms with Crippen LogP contribution in [0.5, 0.6) is 0 Å². The Morgan fingerprint density at radius 2 is 2.20 bits per heavy atom. The van der Waals surface area contributed by atoms with Gasteiger partial charge in [-0.2, -0.15) is 5.10 Å².